The number of fused-ring (bicyclic) bond motifs is 1. The fraction of sp³-hybridized carbons (Fsp3) is 0.136. The summed E-state index contributed by atoms with van der Waals surface area (Å²) in [6.45, 7) is 1.32. The zero-order valence-corrected chi connectivity index (χ0v) is 20.3. The summed E-state index contributed by atoms with van der Waals surface area (Å²) in [6, 6.07) is 8.64. The summed E-state index contributed by atoms with van der Waals surface area (Å²) >= 11 is 12.2. The number of hydrogen-bond acceptors (Lipinski definition) is 6. The summed E-state index contributed by atoms with van der Waals surface area (Å²) in [5.41, 5.74) is -3.37. The van der Waals surface area contributed by atoms with Gasteiger partial charge in [-0.1, -0.05) is 41.4 Å². The molecule has 1 atom stereocenters. The maximum absolute atomic E-state index is 13.6. The summed E-state index contributed by atoms with van der Waals surface area (Å²) in [4.78, 5) is 18.5. The van der Waals surface area contributed by atoms with Crippen LogP contribution in [-0.2, 0) is 16.2 Å². The van der Waals surface area contributed by atoms with Crippen molar-refractivity contribution in [1.82, 2.24) is 13.9 Å². The molecule has 188 valence electrons. The summed E-state index contributed by atoms with van der Waals surface area (Å²) in [5.74, 6) is -1.50. The van der Waals surface area contributed by atoms with E-state index in [4.69, 9.17) is 23.2 Å². The Balaban J connectivity index is 2.11. The number of alkyl halides is 3. The molecule has 3 heterocycles. The molecule has 0 radical (unpaired) electrons. The Morgan fingerprint density at radius 1 is 1.14 bits per heavy atom. The Bertz CT molecular complexity index is 1620. The Morgan fingerprint density at radius 3 is 2.36 bits per heavy atom. The lowest BCUT2D eigenvalue weighted by molar-refractivity contribution is -0.141. The monoisotopic (exact) mass is 559 g/mol. The van der Waals surface area contributed by atoms with Gasteiger partial charge in [0.1, 0.15) is 17.0 Å². The fourth-order valence-electron chi connectivity index (χ4n) is 3.63. The molecule has 36 heavy (non-hydrogen) atoms. The van der Waals surface area contributed by atoms with Crippen LogP contribution in [0, 0.1) is 6.92 Å². The molecule has 0 saturated carbocycles. The number of aromatic nitrogens is 3. The number of benzene rings is 1. The molecule has 0 spiro atoms. The minimum atomic E-state index is -4.89. The van der Waals surface area contributed by atoms with Crippen molar-refractivity contribution in [2.24, 2.45) is 0 Å². The molecule has 1 aromatic carbocycles. The number of carboxylic acids is 1. The van der Waals surface area contributed by atoms with Gasteiger partial charge in [-0.15, -0.1) is 0 Å². The van der Waals surface area contributed by atoms with Gasteiger partial charge in [-0.3, -0.25) is 0 Å². The predicted octanol–water partition coefficient (Wildman–Crippen LogP) is 5.08. The number of carboxylic acid groups (broad SMARTS) is 1. The summed E-state index contributed by atoms with van der Waals surface area (Å²) in [7, 11) is -4.63. The molecule has 2 N–H and O–H groups in total. The highest BCUT2D eigenvalue weighted by molar-refractivity contribution is 7.90. The van der Waals surface area contributed by atoms with E-state index in [2.05, 4.69) is 9.97 Å². The van der Waals surface area contributed by atoms with Crippen molar-refractivity contribution in [3.8, 4) is 0 Å². The lowest BCUT2D eigenvalue weighted by Crippen LogP contribution is -2.20. The van der Waals surface area contributed by atoms with Gasteiger partial charge in [-0.2, -0.15) is 13.2 Å². The molecule has 4 rings (SSSR count). The van der Waals surface area contributed by atoms with Crippen LogP contribution in [0.4, 0.5) is 13.2 Å². The average Bonchev–Trinajstić information content (AvgIpc) is 3.20. The van der Waals surface area contributed by atoms with E-state index in [-0.39, 0.29) is 15.8 Å². The zero-order chi connectivity index (χ0) is 26.6. The molecule has 14 heteroatoms. The summed E-state index contributed by atoms with van der Waals surface area (Å²) in [6.07, 6.45) is -6.06. The van der Waals surface area contributed by atoms with E-state index in [0.717, 1.165) is 18.3 Å². The third-order valence-corrected chi connectivity index (χ3v) is 7.76. The molecule has 0 aliphatic carbocycles. The zero-order valence-electron chi connectivity index (χ0n) is 18.0. The molecule has 0 aliphatic rings. The molecule has 4 aromatic rings. The molecule has 0 saturated heterocycles. The Kier molecular flexibility index (Phi) is 6.50. The van der Waals surface area contributed by atoms with E-state index in [9.17, 15) is 36.6 Å². The van der Waals surface area contributed by atoms with Gasteiger partial charge >= 0.3 is 12.1 Å². The number of aliphatic hydroxyl groups excluding tert-OH is 1. The van der Waals surface area contributed by atoms with Gasteiger partial charge in [-0.25, -0.2) is 27.2 Å². The lowest BCUT2D eigenvalue weighted by Gasteiger charge is -2.18. The van der Waals surface area contributed by atoms with E-state index >= 15 is 0 Å². The smallest absolute Gasteiger partial charge is 0.433 e. The first kappa shape index (κ1) is 25.9. The molecule has 0 bridgehead atoms. The third-order valence-electron chi connectivity index (χ3n) is 5.32. The van der Waals surface area contributed by atoms with Crippen LogP contribution >= 0.6 is 23.2 Å². The van der Waals surface area contributed by atoms with E-state index in [1.54, 1.807) is 0 Å². The second kappa shape index (κ2) is 9.04. The van der Waals surface area contributed by atoms with Crippen LogP contribution in [0.2, 0.25) is 10.2 Å². The van der Waals surface area contributed by atoms with Gasteiger partial charge in [0.25, 0.3) is 10.0 Å². The van der Waals surface area contributed by atoms with E-state index in [0.29, 0.717) is 3.97 Å². The van der Waals surface area contributed by atoms with Crippen molar-refractivity contribution in [3.05, 3.63) is 86.9 Å². The largest absolute Gasteiger partial charge is 0.478 e. The first-order valence-electron chi connectivity index (χ1n) is 9.91. The van der Waals surface area contributed by atoms with Crippen LogP contribution in [0.1, 0.15) is 39.0 Å². The first-order valence-corrected chi connectivity index (χ1v) is 12.1. The van der Waals surface area contributed by atoms with Crippen molar-refractivity contribution in [2.75, 3.05) is 0 Å². The van der Waals surface area contributed by atoms with E-state index < -0.39 is 66.6 Å². The SMILES string of the molecule is Cc1cc(C(F)(F)F)nc2c1cc(C(O)c1c(Cl)ncc(C(=O)O)c1Cl)n2S(=O)(=O)c1ccccc1. The van der Waals surface area contributed by atoms with Crippen molar-refractivity contribution >= 4 is 50.2 Å². The average molecular weight is 560 g/mol. The molecular weight excluding hydrogens is 546 g/mol. The predicted molar refractivity (Wildman–Crippen MR) is 124 cm³/mol. The maximum Gasteiger partial charge on any atom is 0.433 e. The number of rotatable bonds is 5. The topological polar surface area (TPSA) is 122 Å². The highest BCUT2D eigenvalue weighted by Crippen LogP contribution is 2.40. The van der Waals surface area contributed by atoms with Gasteiger partial charge < -0.3 is 10.2 Å². The molecule has 0 aliphatic heterocycles. The molecule has 3 aromatic heterocycles. The minimum absolute atomic E-state index is 0.00820. The van der Waals surface area contributed by atoms with Crippen LogP contribution < -0.4 is 0 Å². The normalized spacial score (nSPS) is 13.2. The number of aryl methyl sites for hydroxylation is 1. The number of nitrogens with zero attached hydrogens (tertiary/aromatic N) is 3. The molecule has 0 amide bonds. The van der Waals surface area contributed by atoms with Gasteiger partial charge in [0.05, 0.1) is 21.2 Å². The van der Waals surface area contributed by atoms with Gasteiger partial charge in [0.15, 0.2) is 5.65 Å². The van der Waals surface area contributed by atoms with Gasteiger partial charge in [0, 0.05) is 17.1 Å². The van der Waals surface area contributed by atoms with Crippen molar-refractivity contribution < 1.29 is 36.6 Å². The standard InChI is InChI=1S/C22H14Cl2F3N3O5S/c1-10-7-15(22(25,26)27)29-20-12(10)8-14(30(20)36(34,35)11-5-3-2-4-6-11)18(31)16-17(23)13(21(32)33)9-28-19(16)24/h2-9,18,31H,1H3,(H,32,33). The van der Waals surface area contributed by atoms with Crippen LogP contribution in [0.15, 0.2) is 53.6 Å². The number of halogens is 5. The Hall–Kier alpha value is -3.19. The van der Waals surface area contributed by atoms with Crippen LogP contribution in [0.25, 0.3) is 11.0 Å². The molecule has 8 nitrogen and oxygen atoms in total. The molecule has 1 unspecified atom stereocenters. The number of pyridine rings is 2. The summed E-state index contributed by atoms with van der Waals surface area (Å²) in [5, 5.41) is 19.6. The summed E-state index contributed by atoms with van der Waals surface area (Å²) < 4.78 is 68.3. The van der Waals surface area contributed by atoms with Crippen molar-refractivity contribution in [2.45, 2.75) is 24.1 Å². The van der Waals surface area contributed by atoms with Crippen molar-refractivity contribution in [3.63, 3.8) is 0 Å². The second-order valence-electron chi connectivity index (χ2n) is 7.61. The van der Waals surface area contributed by atoms with Crippen LogP contribution in [-0.4, -0.2) is 38.5 Å². The Morgan fingerprint density at radius 2 is 1.78 bits per heavy atom. The molecule has 0 fully saturated rings. The lowest BCUT2D eigenvalue weighted by atomic mass is 10.1. The highest BCUT2D eigenvalue weighted by atomic mass is 35.5. The van der Waals surface area contributed by atoms with Crippen LogP contribution in [0.5, 0.6) is 0 Å². The number of carbonyl (C=O) groups is 1. The van der Waals surface area contributed by atoms with Crippen LogP contribution in [0.3, 0.4) is 0 Å². The van der Waals surface area contributed by atoms with Gasteiger partial charge in [-0.05, 0) is 36.8 Å². The van der Waals surface area contributed by atoms with E-state index in [1.807, 2.05) is 0 Å². The second-order valence-corrected chi connectivity index (χ2v) is 10.1. The first-order chi connectivity index (χ1) is 16.7. The molecular formula is C22H14Cl2F3N3O5S. The minimum Gasteiger partial charge on any atom is -0.478 e. The third kappa shape index (κ3) is 4.30. The highest BCUT2D eigenvalue weighted by Gasteiger charge is 2.36. The van der Waals surface area contributed by atoms with Crippen molar-refractivity contribution in [1.29, 1.82) is 0 Å². The van der Waals surface area contributed by atoms with E-state index in [1.165, 1.54) is 37.3 Å². The fourth-order valence-corrected chi connectivity index (χ4v) is 5.75. The maximum atomic E-state index is 13.6. The van der Waals surface area contributed by atoms with Gasteiger partial charge in [0.2, 0.25) is 0 Å². The quantitative estimate of drug-likeness (QED) is 0.327. The Labute approximate surface area is 211 Å². The number of hydrogen-bond donors (Lipinski definition) is 2. The number of aliphatic hydroxyl groups is 1. The number of aromatic carboxylic acids is 1.